The van der Waals surface area contributed by atoms with Gasteiger partial charge in [-0.1, -0.05) is 0 Å². The monoisotopic (exact) mass is 353 g/mol. The lowest BCUT2D eigenvalue weighted by molar-refractivity contribution is -0.152. The minimum atomic E-state index is -0.699. The fourth-order valence-corrected chi connectivity index (χ4v) is 6.07. The maximum Gasteiger partial charge on any atom is 0.340 e. The summed E-state index contributed by atoms with van der Waals surface area (Å²) in [5, 5.41) is 7.72. The zero-order valence-corrected chi connectivity index (χ0v) is 14.9. The first-order valence-corrected chi connectivity index (χ1v) is 9.57. The van der Waals surface area contributed by atoms with Crippen molar-refractivity contribution in [2.24, 2.45) is 23.2 Å². The lowest BCUT2D eigenvalue weighted by atomic mass is 9.48. The second kappa shape index (κ2) is 5.63. The summed E-state index contributed by atoms with van der Waals surface area (Å²) in [5.41, 5.74) is 0.828. The standard InChI is InChI=1S/C20H23N3O3/c1-12(26-19(25)16-2-3-17-22-21-11-23(17)10-16)18(24)20-7-13-4-14(8-20)6-15(5-13)9-20/h2-3,10-15H,4-9H2,1H3. The Labute approximate surface area is 151 Å². The first-order valence-electron chi connectivity index (χ1n) is 9.57. The summed E-state index contributed by atoms with van der Waals surface area (Å²) >= 11 is 0. The van der Waals surface area contributed by atoms with Gasteiger partial charge in [-0.15, -0.1) is 10.2 Å². The van der Waals surface area contributed by atoms with E-state index in [1.807, 2.05) is 0 Å². The third kappa shape index (κ3) is 2.46. The van der Waals surface area contributed by atoms with Crippen LogP contribution in [0.1, 0.15) is 55.8 Å². The summed E-state index contributed by atoms with van der Waals surface area (Å²) in [5.74, 6) is 1.76. The van der Waals surface area contributed by atoms with E-state index in [4.69, 9.17) is 4.74 Å². The van der Waals surface area contributed by atoms with Crippen LogP contribution in [0.25, 0.3) is 5.65 Å². The molecule has 4 saturated carbocycles. The molecule has 6 nitrogen and oxygen atoms in total. The van der Waals surface area contributed by atoms with Crippen molar-refractivity contribution >= 4 is 17.4 Å². The third-order valence-electron chi connectivity index (χ3n) is 6.74. The summed E-state index contributed by atoms with van der Waals surface area (Å²) in [6.07, 6.45) is 9.33. The van der Waals surface area contributed by atoms with E-state index in [1.54, 1.807) is 29.7 Å². The number of pyridine rings is 1. The van der Waals surface area contributed by atoms with Crippen LogP contribution in [0.2, 0.25) is 0 Å². The van der Waals surface area contributed by atoms with Crippen molar-refractivity contribution in [2.75, 3.05) is 0 Å². The SMILES string of the molecule is CC(OC(=O)c1ccc2nncn2c1)C(=O)C12CC3CC(CC(C3)C1)C2. The maximum absolute atomic E-state index is 13.2. The molecular weight excluding hydrogens is 330 g/mol. The molecule has 2 heterocycles. The van der Waals surface area contributed by atoms with Crippen molar-refractivity contribution in [3.05, 3.63) is 30.2 Å². The number of Topliss-reactive ketones (excluding diaryl/α,β-unsaturated/α-hetero) is 1. The first kappa shape index (κ1) is 16.0. The van der Waals surface area contributed by atoms with Crippen LogP contribution in [0.3, 0.4) is 0 Å². The van der Waals surface area contributed by atoms with Crippen molar-refractivity contribution in [1.82, 2.24) is 14.6 Å². The minimum absolute atomic E-state index is 0.135. The number of ether oxygens (including phenoxy) is 1. The van der Waals surface area contributed by atoms with E-state index in [0.29, 0.717) is 29.0 Å². The van der Waals surface area contributed by atoms with Crippen LogP contribution in [0.15, 0.2) is 24.7 Å². The van der Waals surface area contributed by atoms with Crippen molar-refractivity contribution < 1.29 is 14.3 Å². The number of ketones is 1. The van der Waals surface area contributed by atoms with Crippen LogP contribution in [0.4, 0.5) is 0 Å². The molecule has 0 radical (unpaired) electrons. The Kier molecular flexibility index (Phi) is 3.46. The zero-order valence-electron chi connectivity index (χ0n) is 14.9. The second-order valence-corrected chi connectivity index (χ2v) is 8.62. The van der Waals surface area contributed by atoms with Gasteiger partial charge in [0.1, 0.15) is 6.33 Å². The van der Waals surface area contributed by atoms with Gasteiger partial charge in [-0.3, -0.25) is 9.20 Å². The molecular formula is C20H23N3O3. The average Bonchev–Trinajstić information content (AvgIpc) is 3.07. The summed E-state index contributed by atoms with van der Waals surface area (Å²) in [7, 11) is 0. The quantitative estimate of drug-likeness (QED) is 0.790. The van der Waals surface area contributed by atoms with Gasteiger partial charge in [0.05, 0.1) is 5.56 Å². The smallest absolute Gasteiger partial charge is 0.340 e. The van der Waals surface area contributed by atoms with E-state index < -0.39 is 12.1 Å². The predicted molar refractivity (Wildman–Crippen MR) is 93.5 cm³/mol. The topological polar surface area (TPSA) is 73.6 Å². The molecule has 4 aliphatic carbocycles. The zero-order chi connectivity index (χ0) is 17.9. The van der Waals surface area contributed by atoms with Gasteiger partial charge in [0.15, 0.2) is 17.5 Å². The van der Waals surface area contributed by atoms with E-state index in [-0.39, 0.29) is 11.2 Å². The van der Waals surface area contributed by atoms with Crippen molar-refractivity contribution in [3.8, 4) is 0 Å². The Morgan fingerprint density at radius 2 is 1.81 bits per heavy atom. The minimum Gasteiger partial charge on any atom is -0.451 e. The lowest BCUT2D eigenvalue weighted by Crippen LogP contribution is -2.52. The highest BCUT2D eigenvalue weighted by Crippen LogP contribution is 2.60. The Morgan fingerprint density at radius 1 is 1.15 bits per heavy atom. The highest BCUT2D eigenvalue weighted by molar-refractivity contribution is 5.94. The molecule has 0 amide bonds. The number of hydrogen-bond donors (Lipinski definition) is 0. The molecule has 26 heavy (non-hydrogen) atoms. The number of fused-ring (bicyclic) bond motifs is 1. The molecule has 4 bridgehead atoms. The fraction of sp³-hybridized carbons (Fsp3) is 0.600. The number of aromatic nitrogens is 3. The van der Waals surface area contributed by atoms with Crippen LogP contribution in [0, 0.1) is 23.2 Å². The Hall–Kier alpha value is -2.24. The molecule has 6 heteroatoms. The second-order valence-electron chi connectivity index (χ2n) is 8.62. The van der Waals surface area contributed by atoms with E-state index in [9.17, 15) is 9.59 Å². The van der Waals surface area contributed by atoms with Gasteiger partial charge >= 0.3 is 5.97 Å². The van der Waals surface area contributed by atoms with Crippen LogP contribution < -0.4 is 0 Å². The molecule has 6 rings (SSSR count). The van der Waals surface area contributed by atoms with Gasteiger partial charge in [-0.05, 0) is 75.3 Å². The third-order valence-corrected chi connectivity index (χ3v) is 6.74. The van der Waals surface area contributed by atoms with Gasteiger partial charge in [0.25, 0.3) is 0 Å². The molecule has 4 aliphatic rings. The highest BCUT2D eigenvalue weighted by atomic mass is 16.5. The number of nitrogens with zero attached hydrogens (tertiary/aromatic N) is 3. The van der Waals surface area contributed by atoms with Crippen molar-refractivity contribution in [2.45, 2.75) is 51.6 Å². The van der Waals surface area contributed by atoms with Crippen LogP contribution >= 0.6 is 0 Å². The molecule has 1 atom stereocenters. The molecule has 0 N–H and O–H groups in total. The molecule has 2 aromatic heterocycles. The van der Waals surface area contributed by atoms with E-state index >= 15 is 0 Å². The van der Waals surface area contributed by atoms with Gasteiger partial charge in [-0.25, -0.2) is 4.79 Å². The average molecular weight is 353 g/mol. The predicted octanol–water partition coefficient (Wildman–Crippen LogP) is 3.06. The molecule has 1 unspecified atom stereocenters. The molecule has 0 spiro atoms. The van der Waals surface area contributed by atoms with Crippen LogP contribution in [-0.4, -0.2) is 32.5 Å². The van der Waals surface area contributed by atoms with Crippen molar-refractivity contribution in [1.29, 1.82) is 0 Å². The summed E-state index contributed by atoms with van der Waals surface area (Å²) in [4.78, 5) is 25.8. The number of rotatable bonds is 4. The number of hydrogen-bond acceptors (Lipinski definition) is 5. The van der Waals surface area contributed by atoms with E-state index in [0.717, 1.165) is 19.3 Å². The molecule has 0 aliphatic heterocycles. The molecule has 2 aromatic rings. The summed E-state index contributed by atoms with van der Waals surface area (Å²) < 4.78 is 7.24. The number of carbonyl (C=O) groups is 2. The van der Waals surface area contributed by atoms with Crippen LogP contribution in [0.5, 0.6) is 0 Å². The van der Waals surface area contributed by atoms with Gasteiger partial charge in [0.2, 0.25) is 0 Å². The number of esters is 1. The summed E-state index contributed by atoms with van der Waals surface area (Å²) in [6, 6.07) is 3.38. The van der Waals surface area contributed by atoms with E-state index in [2.05, 4.69) is 10.2 Å². The molecule has 0 aromatic carbocycles. The fourth-order valence-electron chi connectivity index (χ4n) is 6.07. The molecule has 0 saturated heterocycles. The number of carbonyl (C=O) groups excluding carboxylic acids is 2. The van der Waals surface area contributed by atoms with Gasteiger partial charge in [-0.2, -0.15) is 0 Å². The molecule has 136 valence electrons. The van der Waals surface area contributed by atoms with Crippen molar-refractivity contribution in [3.63, 3.8) is 0 Å². The molecule has 4 fully saturated rings. The largest absolute Gasteiger partial charge is 0.451 e. The summed E-state index contributed by atoms with van der Waals surface area (Å²) in [6.45, 7) is 1.73. The Bertz CT molecular complexity index is 852. The van der Waals surface area contributed by atoms with E-state index in [1.165, 1.54) is 25.6 Å². The Balaban J connectivity index is 1.32. The first-order chi connectivity index (χ1) is 12.5. The van der Waals surface area contributed by atoms with Gasteiger partial charge in [0, 0.05) is 11.6 Å². The highest BCUT2D eigenvalue weighted by Gasteiger charge is 2.55. The van der Waals surface area contributed by atoms with Gasteiger partial charge < -0.3 is 4.74 Å². The normalized spacial score (nSPS) is 33.3. The maximum atomic E-state index is 13.2. The lowest BCUT2D eigenvalue weighted by Gasteiger charge is -2.56. The Morgan fingerprint density at radius 3 is 2.46 bits per heavy atom. The van der Waals surface area contributed by atoms with Crippen LogP contribution in [-0.2, 0) is 9.53 Å².